The van der Waals surface area contributed by atoms with E-state index in [-0.39, 0.29) is 5.97 Å². The smallest absolute Gasteiger partial charge is 0.350 e. The molecule has 2 aromatic rings. The van der Waals surface area contributed by atoms with Crippen LogP contribution in [0.3, 0.4) is 0 Å². The number of esters is 1. The van der Waals surface area contributed by atoms with Gasteiger partial charge in [-0.3, -0.25) is 0 Å². The fourth-order valence-corrected chi connectivity index (χ4v) is 4.91. The summed E-state index contributed by atoms with van der Waals surface area (Å²) >= 11 is 6.57. The molecule has 3 nitrogen and oxygen atoms in total. The summed E-state index contributed by atoms with van der Waals surface area (Å²) in [6, 6.07) is 2.00. The highest BCUT2D eigenvalue weighted by molar-refractivity contribution is 9.10. The van der Waals surface area contributed by atoms with Crippen molar-refractivity contribution < 1.29 is 9.53 Å². The molecule has 0 unspecified atom stereocenters. The zero-order valence-corrected chi connectivity index (χ0v) is 13.9. The molecule has 2 heterocycles. The molecule has 0 aliphatic heterocycles. The third-order valence-electron chi connectivity index (χ3n) is 2.69. The quantitative estimate of drug-likeness (QED) is 0.814. The van der Waals surface area contributed by atoms with Gasteiger partial charge in [0.05, 0.1) is 22.0 Å². The molecular formula is C13H14BrNO2S2. The molecule has 2 aromatic heterocycles. The molecule has 0 spiro atoms. The summed E-state index contributed by atoms with van der Waals surface area (Å²) in [7, 11) is 0. The van der Waals surface area contributed by atoms with Crippen LogP contribution in [0.15, 0.2) is 15.9 Å². The summed E-state index contributed by atoms with van der Waals surface area (Å²) in [6.45, 7) is 4.19. The van der Waals surface area contributed by atoms with E-state index in [2.05, 4.69) is 15.9 Å². The second-order valence-corrected chi connectivity index (χ2v) is 6.62. The fourth-order valence-electron chi connectivity index (χ4n) is 1.82. The number of hydrogen-bond acceptors (Lipinski definition) is 5. The number of halogens is 1. The number of carbonyl (C=O) groups is 1. The van der Waals surface area contributed by atoms with Gasteiger partial charge in [0, 0.05) is 4.47 Å². The van der Waals surface area contributed by atoms with Gasteiger partial charge in [-0.1, -0.05) is 6.92 Å². The maximum atomic E-state index is 11.9. The van der Waals surface area contributed by atoms with Gasteiger partial charge >= 0.3 is 5.97 Å². The Balaban J connectivity index is 2.54. The topological polar surface area (TPSA) is 52.3 Å². The molecule has 0 saturated heterocycles. The highest BCUT2D eigenvalue weighted by Crippen LogP contribution is 2.44. The Morgan fingerprint density at radius 2 is 2.16 bits per heavy atom. The first-order valence-corrected chi connectivity index (χ1v) is 8.40. The van der Waals surface area contributed by atoms with Crippen molar-refractivity contribution in [2.45, 2.75) is 20.3 Å². The predicted molar refractivity (Wildman–Crippen MR) is 85.1 cm³/mol. The average molecular weight is 360 g/mol. The minimum absolute atomic E-state index is 0.335. The van der Waals surface area contributed by atoms with E-state index in [9.17, 15) is 4.79 Å². The van der Waals surface area contributed by atoms with Gasteiger partial charge in [-0.2, -0.15) is 0 Å². The van der Waals surface area contributed by atoms with Gasteiger partial charge in [0.25, 0.3) is 0 Å². The Morgan fingerprint density at radius 1 is 1.42 bits per heavy atom. The van der Waals surface area contributed by atoms with Crippen molar-refractivity contribution in [1.82, 2.24) is 0 Å². The molecule has 0 saturated carbocycles. The lowest BCUT2D eigenvalue weighted by molar-refractivity contribution is 0.0533. The van der Waals surface area contributed by atoms with E-state index < -0.39 is 0 Å². The standard InChI is InChI=1S/C13H14BrNO2S2/c1-3-7-9(15)12(13(16)17-4-2)19-10(7)11-8(14)5-6-18-11/h5-6H,3-4,15H2,1-2H3. The van der Waals surface area contributed by atoms with Crippen LogP contribution in [0.2, 0.25) is 0 Å². The van der Waals surface area contributed by atoms with Gasteiger partial charge in [-0.15, -0.1) is 22.7 Å². The van der Waals surface area contributed by atoms with Gasteiger partial charge in [0.15, 0.2) is 0 Å². The monoisotopic (exact) mass is 359 g/mol. The molecule has 0 aromatic carbocycles. The summed E-state index contributed by atoms with van der Waals surface area (Å²) in [4.78, 5) is 14.6. The van der Waals surface area contributed by atoms with Gasteiger partial charge in [0.2, 0.25) is 0 Å². The van der Waals surface area contributed by atoms with Crippen molar-refractivity contribution in [3.8, 4) is 9.75 Å². The van der Waals surface area contributed by atoms with E-state index in [1.54, 1.807) is 18.3 Å². The largest absolute Gasteiger partial charge is 0.462 e. The van der Waals surface area contributed by atoms with Crippen LogP contribution < -0.4 is 5.73 Å². The number of nitrogen functional groups attached to an aromatic ring is 1. The Bertz CT molecular complexity index is 604. The summed E-state index contributed by atoms with van der Waals surface area (Å²) in [5.41, 5.74) is 7.68. The first-order valence-electron chi connectivity index (χ1n) is 5.91. The van der Waals surface area contributed by atoms with Crippen molar-refractivity contribution in [3.05, 3.63) is 26.4 Å². The van der Waals surface area contributed by atoms with E-state index in [0.717, 1.165) is 26.2 Å². The molecule has 0 amide bonds. The Labute approximate surface area is 128 Å². The lowest BCUT2D eigenvalue weighted by Crippen LogP contribution is -2.05. The van der Waals surface area contributed by atoms with Gasteiger partial charge in [0.1, 0.15) is 4.88 Å². The molecule has 2 N–H and O–H groups in total. The van der Waals surface area contributed by atoms with E-state index in [4.69, 9.17) is 10.5 Å². The van der Waals surface area contributed by atoms with Crippen LogP contribution in [0.25, 0.3) is 9.75 Å². The maximum absolute atomic E-state index is 11.9. The third kappa shape index (κ3) is 2.70. The average Bonchev–Trinajstić information content (AvgIpc) is 2.93. The van der Waals surface area contributed by atoms with E-state index >= 15 is 0 Å². The Hall–Kier alpha value is -0.850. The first kappa shape index (κ1) is 14.6. The van der Waals surface area contributed by atoms with Crippen molar-refractivity contribution in [1.29, 1.82) is 0 Å². The van der Waals surface area contributed by atoms with Crippen LogP contribution in [0, 0.1) is 0 Å². The number of nitrogens with two attached hydrogens (primary N) is 1. The molecule has 0 aliphatic carbocycles. The lowest BCUT2D eigenvalue weighted by atomic mass is 10.1. The number of carbonyl (C=O) groups excluding carboxylic acids is 1. The molecule has 0 radical (unpaired) electrons. The van der Waals surface area contributed by atoms with Crippen LogP contribution >= 0.6 is 38.6 Å². The van der Waals surface area contributed by atoms with Crippen LogP contribution in [0.4, 0.5) is 5.69 Å². The second-order valence-electron chi connectivity index (χ2n) is 3.82. The zero-order chi connectivity index (χ0) is 14.0. The SMILES string of the molecule is CCOC(=O)c1sc(-c2sccc2Br)c(CC)c1N. The van der Waals surface area contributed by atoms with E-state index in [1.807, 2.05) is 18.4 Å². The summed E-state index contributed by atoms with van der Waals surface area (Å²) in [5, 5.41) is 2.01. The zero-order valence-electron chi connectivity index (χ0n) is 10.7. The van der Waals surface area contributed by atoms with Gasteiger partial charge < -0.3 is 10.5 Å². The second kappa shape index (κ2) is 6.07. The summed E-state index contributed by atoms with van der Waals surface area (Å²) in [6.07, 6.45) is 0.793. The number of anilines is 1. The highest BCUT2D eigenvalue weighted by atomic mass is 79.9. The van der Waals surface area contributed by atoms with Crippen LogP contribution in [0.1, 0.15) is 29.1 Å². The minimum Gasteiger partial charge on any atom is -0.462 e. The van der Waals surface area contributed by atoms with Crippen LogP contribution in [-0.2, 0) is 11.2 Å². The fraction of sp³-hybridized carbons (Fsp3) is 0.308. The molecule has 0 atom stereocenters. The van der Waals surface area contributed by atoms with Gasteiger partial charge in [-0.05, 0) is 46.3 Å². The summed E-state index contributed by atoms with van der Waals surface area (Å²) < 4.78 is 6.08. The summed E-state index contributed by atoms with van der Waals surface area (Å²) in [5.74, 6) is -0.335. The predicted octanol–water partition coefficient (Wildman–Crippen LogP) is 4.56. The minimum atomic E-state index is -0.335. The maximum Gasteiger partial charge on any atom is 0.350 e. The molecule has 0 bridgehead atoms. The van der Waals surface area contributed by atoms with Crippen molar-refractivity contribution in [3.63, 3.8) is 0 Å². The van der Waals surface area contributed by atoms with Gasteiger partial charge in [-0.25, -0.2) is 4.79 Å². The molecule has 19 heavy (non-hydrogen) atoms. The normalized spacial score (nSPS) is 10.7. The molecule has 2 rings (SSSR count). The number of thiophene rings is 2. The number of rotatable bonds is 4. The van der Waals surface area contributed by atoms with E-state index in [1.165, 1.54) is 11.3 Å². The highest BCUT2D eigenvalue weighted by Gasteiger charge is 2.23. The Kier molecular flexibility index (Phi) is 4.65. The number of ether oxygens (including phenoxy) is 1. The first-order chi connectivity index (χ1) is 9.10. The lowest BCUT2D eigenvalue weighted by Gasteiger charge is -2.01. The third-order valence-corrected chi connectivity index (χ3v) is 5.92. The van der Waals surface area contributed by atoms with E-state index in [0.29, 0.717) is 17.2 Å². The molecule has 6 heteroatoms. The molecule has 0 aliphatic rings. The van der Waals surface area contributed by atoms with Crippen LogP contribution in [-0.4, -0.2) is 12.6 Å². The molecule has 0 fully saturated rings. The Morgan fingerprint density at radius 3 is 2.68 bits per heavy atom. The molecule has 102 valence electrons. The van der Waals surface area contributed by atoms with Crippen molar-refractivity contribution in [2.75, 3.05) is 12.3 Å². The van der Waals surface area contributed by atoms with Crippen molar-refractivity contribution >= 4 is 50.3 Å². The molecular weight excluding hydrogens is 346 g/mol. The van der Waals surface area contributed by atoms with Crippen LogP contribution in [0.5, 0.6) is 0 Å². The number of hydrogen-bond donors (Lipinski definition) is 1. The van der Waals surface area contributed by atoms with Crippen molar-refractivity contribution in [2.24, 2.45) is 0 Å².